The molecule has 7 nitrogen and oxygen atoms in total. The van der Waals surface area contributed by atoms with Gasteiger partial charge < -0.3 is 14.3 Å². The van der Waals surface area contributed by atoms with Gasteiger partial charge in [-0.2, -0.15) is 4.98 Å². The number of anilines is 2. The van der Waals surface area contributed by atoms with Gasteiger partial charge in [0.1, 0.15) is 16.8 Å². The van der Waals surface area contributed by atoms with Crippen LogP contribution in [0.3, 0.4) is 0 Å². The Morgan fingerprint density at radius 2 is 1.83 bits per heavy atom. The molecule has 1 aliphatic carbocycles. The van der Waals surface area contributed by atoms with Crippen LogP contribution in [0.1, 0.15) is 49.2 Å². The highest BCUT2D eigenvalue weighted by atomic mass is 35.5. The SMILES string of the molecule is CN(C)c1noc(C2CCN(c3cc(Cl)nc(C4CC4)n3)CC2)n1. The molecule has 24 heavy (non-hydrogen) atoms. The van der Waals surface area contributed by atoms with E-state index in [4.69, 9.17) is 21.1 Å². The molecular formula is C16H21ClN6O. The average molecular weight is 349 g/mol. The van der Waals surface area contributed by atoms with Crippen molar-refractivity contribution in [2.75, 3.05) is 37.0 Å². The van der Waals surface area contributed by atoms with E-state index in [0.717, 1.165) is 43.5 Å². The minimum absolute atomic E-state index is 0.308. The normalized spacial score (nSPS) is 18.9. The Bertz CT molecular complexity index is 721. The van der Waals surface area contributed by atoms with Crippen LogP contribution in [0.15, 0.2) is 10.6 Å². The van der Waals surface area contributed by atoms with E-state index in [9.17, 15) is 0 Å². The highest BCUT2D eigenvalue weighted by molar-refractivity contribution is 6.29. The molecule has 8 heteroatoms. The lowest BCUT2D eigenvalue weighted by Gasteiger charge is -2.31. The third-order valence-electron chi connectivity index (χ3n) is 4.64. The van der Waals surface area contributed by atoms with Crippen molar-refractivity contribution in [3.05, 3.63) is 22.9 Å². The van der Waals surface area contributed by atoms with E-state index in [2.05, 4.69) is 20.0 Å². The van der Waals surface area contributed by atoms with Crippen molar-refractivity contribution in [3.63, 3.8) is 0 Å². The maximum Gasteiger partial charge on any atom is 0.265 e. The summed E-state index contributed by atoms with van der Waals surface area (Å²) in [5.41, 5.74) is 0. The second-order valence-electron chi connectivity index (χ2n) is 6.77. The zero-order valence-corrected chi connectivity index (χ0v) is 14.7. The number of hydrogen-bond donors (Lipinski definition) is 0. The molecule has 1 aliphatic heterocycles. The number of piperidine rings is 1. The molecule has 2 aromatic heterocycles. The fourth-order valence-electron chi connectivity index (χ4n) is 3.04. The highest BCUT2D eigenvalue weighted by Gasteiger charge is 2.30. The summed E-state index contributed by atoms with van der Waals surface area (Å²) in [4.78, 5) is 17.7. The highest BCUT2D eigenvalue weighted by Crippen LogP contribution is 2.39. The fraction of sp³-hybridized carbons (Fsp3) is 0.625. The molecule has 0 aromatic carbocycles. The maximum absolute atomic E-state index is 6.18. The molecule has 4 rings (SSSR count). The van der Waals surface area contributed by atoms with E-state index in [0.29, 0.717) is 22.9 Å². The van der Waals surface area contributed by atoms with Gasteiger partial charge in [0.15, 0.2) is 0 Å². The van der Waals surface area contributed by atoms with Crippen molar-refractivity contribution in [2.24, 2.45) is 0 Å². The fourth-order valence-corrected chi connectivity index (χ4v) is 3.22. The van der Waals surface area contributed by atoms with Crippen LogP contribution in [-0.2, 0) is 0 Å². The molecule has 0 atom stereocenters. The molecule has 1 saturated carbocycles. The smallest absolute Gasteiger partial charge is 0.265 e. The number of nitrogens with zero attached hydrogens (tertiary/aromatic N) is 6. The average Bonchev–Trinajstić information content (AvgIpc) is 3.31. The van der Waals surface area contributed by atoms with Crippen LogP contribution in [0.25, 0.3) is 0 Å². The Morgan fingerprint density at radius 1 is 1.08 bits per heavy atom. The van der Waals surface area contributed by atoms with Gasteiger partial charge in [-0.25, -0.2) is 9.97 Å². The van der Waals surface area contributed by atoms with E-state index in [1.165, 1.54) is 12.8 Å². The quantitative estimate of drug-likeness (QED) is 0.786. The zero-order valence-electron chi connectivity index (χ0n) is 13.9. The number of rotatable bonds is 4. The lowest BCUT2D eigenvalue weighted by molar-refractivity contribution is 0.329. The van der Waals surface area contributed by atoms with Crippen LogP contribution < -0.4 is 9.80 Å². The molecule has 2 aromatic rings. The molecular weight excluding hydrogens is 328 g/mol. The summed E-state index contributed by atoms with van der Waals surface area (Å²) in [7, 11) is 3.82. The summed E-state index contributed by atoms with van der Waals surface area (Å²) in [6.45, 7) is 1.81. The topological polar surface area (TPSA) is 71.2 Å². The van der Waals surface area contributed by atoms with Gasteiger partial charge in [-0.1, -0.05) is 11.6 Å². The van der Waals surface area contributed by atoms with Crippen molar-refractivity contribution < 1.29 is 4.52 Å². The van der Waals surface area contributed by atoms with Crippen LogP contribution in [0.2, 0.25) is 5.15 Å². The van der Waals surface area contributed by atoms with Crippen LogP contribution in [0.5, 0.6) is 0 Å². The van der Waals surface area contributed by atoms with E-state index in [-0.39, 0.29) is 0 Å². The third-order valence-corrected chi connectivity index (χ3v) is 4.83. The molecule has 2 aliphatic rings. The van der Waals surface area contributed by atoms with Gasteiger partial charge in [-0.05, 0) is 30.8 Å². The number of hydrogen-bond acceptors (Lipinski definition) is 7. The second kappa shape index (κ2) is 6.20. The summed E-state index contributed by atoms with van der Waals surface area (Å²) in [6.07, 6.45) is 4.28. The molecule has 0 radical (unpaired) electrons. The molecule has 0 amide bonds. The predicted molar refractivity (Wildman–Crippen MR) is 91.8 cm³/mol. The molecule has 0 N–H and O–H groups in total. The van der Waals surface area contributed by atoms with Gasteiger partial charge >= 0.3 is 0 Å². The second-order valence-corrected chi connectivity index (χ2v) is 7.16. The van der Waals surface area contributed by atoms with Crippen molar-refractivity contribution in [1.82, 2.24) is 20.1 Å². The first-order valence-corrected chi connectivity index (χ1v) is 8.78. The monoisotopic (exact) mass is 348 g/mol. The van der Waals surface area contributed by atoms with E-state index >= 15 is 0 Å². The van der Waals surface area contributed by atoms with E-state index < -0.39 is 0 Å². The van der Waals surface area contributed by atoms with Crippen LogP contribution in [-0.4, -0.2) is 47.3 Å². The van der Waals surface area contributed by atoms with Crippen LogP contribution in [0, 0.1) is 0 Å². The Hall–Kier alpha value is -1.89. The van der Waals surface area contributed by atoms with Crippen molar-refractivity contribution in [2.45, 2.75) is 37.5 Å². The molecule has 2 fully saturated rings. The number of halogens is 1. The lowest BCUT2D eigenvalue weighted by atomic mass is 9.97. The minimum Gasteiger partial charge on any atom is -0.356 e. The van der Waals surface area contributed by atoms with Crippen molar-refractivity contribution in [3.8, 4) is 0 Å². The summed E-state index contributed by atoms with van der Waals surface area (Å²) in [6, 6.07) is 1.87. The number of aromatic nitrogens is 4. The molecule has 128 valence electrons. The Labute approximate surface area is 146 Å². The van der Waals surface area contributed by atoms with E-state index in [1.807, 2.05) is 25.1 Å². The summed E-state index contributed by atoms with van der Waals surface area (Å²) in [5.74, 6) is 4.01. The van der Waals surface area contributed by atoms with Gasteiger partial charge in [-0.3, -0.25) is 0 Å². The lowest BCUT2D eigenvalue weighted by Crippen LogP contribution is -2.33. The zero-order chi connectivity index (χ0) is 16.7. The molecule has 0 spiro atoms. The third kappa shape index (κ3) is 3.17. The van der Waals surface area contributed by atoms with Gasteiger partial charge in [0.05, 0.1) is 0 Å². The first-order chi connectivity index (χ1) is 11.6. The van der Waals surface area contributed by atoms with Crippen molar-refractivity contribution in [1.29, 1.82) is 0 Å². The van der Waals surface area contributed by atoms with Gasteiger partial charge in [0.25, 0.3) is 5.95 Å². The summed E-state index contributed by atoms with van der Waals surface area (Å²) >= 11 is 6.18. The first-order valence-electron chi connectivity index (χ1n) is 8.40. The van der Waals surface area contributed by atoms with Crippen molar-refractivity contribution >= 4 is 23.4 Å². The van der Waals surface area contributed by atoms with Gasteiger partial charge in [-0.15, -0.1) is 0 Å². The Balaban J connectivity index is 1.44. The maximum atomic E-state index is 6.18. The molecule has 1 saturated heterocycles. The molecule has 0 bridgehead atoms. The largest absolute Gasteiger partial charge is 0.356 e. The Morgan fingerprint density at radius 3 is 2.46 bits per heavy atom. The predicted octanol–water partition coefficient (Wildman–Crippen LogP) is 2.84. The summed E-state index contributed by atoms with van der Waals surface area (Å²) < 4.78 is 5.42. The standard InChI is InChI=1S/C16H21ClN6O/c1-22(2)16-20-15(24-21-16)11-5-7-23(8-6-11)13-9-12(17)18-14(19-13)10-3-4-10/h9-11H,3-8H2,1-2H3. The minimum atomic E-state index is 0.308. The summed E-state index contributed by atoms with van der Waals surface area (Å²) in [5, 5.41) is 4.54. The molecule has 0 unspecified atom stereocenters. The molecule has 3 heterocycles. The van der Waals surface area contributed by atoms with Gasteiger partial charge in [0.2, 0.25) is 5.89 Å². The van der Waals surface area contributed by atoms with Crippen LogP contribution >= 0.6 is 11.6 Å². The van der Waals surface area contributed by atoms with Crippen LogP contribution in [0.4, 0.5) is 11.8 Å². The Kier molecular flexibility index (Phi) is 4.04. The van der Waals surface area contributed by atoms with E-state index in [1.54, 1.807) is 0 Å². The van der Waals surface area contributed by atoms with Gasteiger partial charge in [0, 0.05) is 45.1 Å². The first kappa shape index (κ1) is 15.6.